The minimum Gasteiger partial charge on any atom is -0.435 e. The first-order valence-corrected chi connectivity index (χ1v) is 13.2. The van der Waals surface area contributed by atoms with Crippen LogP contribution in [0.2, 0.25) is 0 Å². The largest absolute Gasteiger partial charge is 0.435 e. The van der Waals surface area contributed by atoms with E-state index in [-0.39, 0.29) is 11.3 Å². The van der Waals surface area contributed by atoms with E-state index in [0.29, 0.717) is 30.4 Å². The summed E-state index contributed by atoms with van der Waals surface area (Å²) in [5.41, 5.74) is 5.62. The molecular weight excluding hydrogens is 472 g/mol. The van der Waals surface area contributed by atoms with E-state index in [4.69, 9.17) is 9.40 Å². The molecule has 1 amide bonds. The van der Waals surface area contributed by atoms with E-state index in [9.17, 15) is 4.79 Å². The Hall–Kier alpha value is -4.06. The Morgan fingerprint density at radius 1 is 0.816 bits per heavy atom. The molecule has 1 aromatic heterocycles. The molecule has 0 atom stereocenters. The zero-order valence-corrected chi connectivity index (χ0v) is 22.9. The molecule has 2 heterocycles. The number of oxazole rings is 1. The monoisotopic (exact) mass is 508 g/mol. The van der Waals surface area contributed by atoms with Crippen molar-refractivity contribution in [3.05, 3.63) is 90.1 Å². The molecule has 0 radical (unpaired) electrons. The van der Waals surface area contributed by atoms with E-state index in [1.807, 2.05) is 78.5 Å². The predicted octanol–water partition coefficient (Wildman–Crippen LogP) is 6.33. The second-order valence-electron chi connectivity index (χ2n) is 11.1. The number of anilines is 2. The third kappa shape index (κ3) is 5.30. The van der Waals surface area contributed by atoms with Crippen molar-refractivity contribution in [2.45, 2.75) is 26.2 Å². The van der Waals surface area contributed by atoms with Crippen molar-refractivity contribution in [1.82, 2.24) is 9.88 Å². The normalized spacial score (nSPS) is 14.0. The number of hydrogen-bond donors (Lipinski definition) is 0. The zero-order chi connectivity index (χ0) is 26.9. The van der Waals surface area contributed by atoms with Crippen molar-refractivity contribution in [3.63, 3.8) is 0 Å². The van der Waals surface area contributed by atoms with Gasteiger partial charge in [0.1, 0.15) is 0 Å². The number of benzene rings is 3. The molecule has 5 rings (SSSR count). The number of para-hydroxylation sites is 1. The van der Waals surface area contributed by atoms with Gasteiger partial charge in [-0.15, -0.1) is 0 Å². The second kappa shape index (κ2) is 10.4. The topological polar surface area (TPSA) is 52.8 Å². The van der Waals surface area contributed by atoms with E-state index in [1.54, 1.807) is 0 Å². The van der Waals surface area contributed by atoms with Crippen molar-refractivity contribution >= 4 is 17.3 Å². The highest BCUT2D eigenvalue weighted by atomic mass is 16.4. The first-order valence-electron chi connectivity index (χ1n) is 13.2. The van der Waals surface area contributed by atoms with Crippen LogP contribution in [-0.2, 0) is 5.41 Å². The van der Waals surface area contributed by atoms with Gasteiger partial charge in [-0.2, -0.15) is 0 Å². The van der Waals surface area contributed by atoms with Crippen LogP contribution < -0.4 is 9.80 Å². The minimum atomic E-state index is -0.0919. The average molecular weight is 509 g/mol. The molecule has 1 aliphatic heterocycles. The van der Waals surface area contributed by atoms with Gasteiger partial charge in [0.15, 0.2) is 11.5 Å². The van der Waals surface area contributed by atoms with Crippen LogP contribution in [0.5, 0.6) is 0 Å². The highest BCUT2D eigenvalue weighted by Crippen LogP contribution is 2.33. The summed E-state index contributed by atoms with van der Waals surface area (Å²) >= 11 is 0. The number of amides is 1. The smallest absolute Gasteiger partial charge is 0.276 e. The Bertz CT molecular complexity index is 1380. The lowest BCUT2D eigenvalue weighted by atomic mass is 9.87. The van der Waals surface area contributed by atoms with Gasteiger partial charge < -0.3 is 19.1 Å². The van der Waals surface area contributed by atoms with Crippen LogP contribution >= 0.6 is 0 Å². The van der Waals surface area contributed by atoms with Crippen LogP contribution in [0.3, 0.4) is 0 Å². The fourth-order valence-corrected chi connectivity index (χ4v) is 4.76. The molecule has 4 aromatic rings. The fourth-order valence-electron chi connectivity index (χ4n) is 4.76. The third-order valence-electron chi connectivity index (χ3n) is 7.16. The highest BCUT2D eigenvalue weighted by Gasteiger charge is 2.29. The third-order valence-corrected chi connectivity index (χ3v) is 7.16. The Morgan fingerprint density at radius 3 is 2.00 bits per heavy atom. The van der Waals surface area contributed by atoms with Gasteiger partial charge >= 0.3 is 0 Å². The van der Waals surface area contributed by atoms with Gasteiger partial charge in [0.05, 0.1) is 0 Å². The molecule has 1 aliphatic rings. The minimum absolute atomic E-state index is 0.0531. The number of carbonyl (C=O) groups excluding carboxylic acids is 1. The van der Waals surface area contributed by atoms with Gasteiger partial charge in [-0.05, 0) is 59.5 Å². The Balaban J connectivity index is 1.45. The van der Waals surface area contributed by atoms with Crippen LogP contribution in [0.4, 0.5) is 11.4 Å². The zero-order valence-electron chi connectivity index (χ0n) is 22.9. The molecule has 0 N–H and O–H groups in total. The molecule has 0 unspecified atom stereocenters. The summed E-state index contributed by atoms with van der Waals surface area (Å²) in [6.07, 6.45) is 0. The van der Waals surface area contributed by atoms with Crippen LogP contribution in [0.25, 0.3) is 22.8 Å². The summed E-state index contributed by atoms with van der Waals surface area (Å²) in [6, 6.07) is 26.7. The summed E-state index contributed by atoms with van der Waals surface area (Å²) in [5.74, 6) is 0.884. The van der Waals surface area contributed by atoms with Gasteiger partial charge in [0.25, 0.3) is 5.91 Å². The molecule has 0 saturated carbocycles. The number of nitrogens with zero attached hydrogens (tertiary/aromatic N) is 4. The second-order valence-corrected chi connectivity index (χ2v) is 11.1. The summed E-state index contributed by atoms with van der Waals surface area (Å²) < 4.78 is 6.33. The van der Waals surface area contributed by atoms with Crippen molar-refractivity contribution in [1.29, 1.82) is 0 Å². The van der Waals surface area contributed by atoms with Crippen molar-refractivity contribution in [3.8, 4) is 22.8 Å². The maximum atomic E-state index is 13.8. The molecule has 6 heteroatoms. The van der Waals surface area contributed by atoms with Crippen LogP contribution in [0.15, 0.2) is 83.3 Å². The maximum absolute atomic E-state index is 13.8. The summed E-state index contributed by atoms with van der Waals surface area (Å²) in [4.78, 5) is 24.8. The van der Waals surface area contributed by atoms with Crippen LogP contribution in [0, 0.1) is 0 Å². The molecule has 0 spiro atoms. The van der Waals surface area contributed by atoms with E-state index >= 15 is 0 Å². The fraction of sp³-hybridized carbons (Fsp3) is 0.312. The quantitative estimate of drug-likeness (QED) is 0.315. The van der Waals surface area contributed by atoms with Gasteiger partial charge in [0.2, 0.25) is 5.89 Å². The standard InChI is InChI=1S/C32H36N4O2/c1-32(2,3)25-15-11-24(12-16-25)30-33-28(29(38-30)23-13-17-26(18-14-23)34(4)5)31(37)36-21-19-35(20-22-36)27-9-7-6-8-10-27/h6-18H,19-22H2,1-5H3. The molecule has 0 aliphatic carbocycles. The number of hydrogen-bond acceptors (Lipinski definition) is 5. The van der Waals surface area contributed by atoms with E-state index in [0.717, 1.165) is 29.9 Å². The maximum Gasteiger partial charge on any atom is 0.276 e. The number of aromatic nitrogens is 1. The SMILES string of the molecule is CN(C)c1ccc(-c2oc(-c3ccc(C(C)(C)C)cc3)nc2C(=O)N2CCN(c3ccccc3)CC2)cc1. The highest BCUT2D eigenvalue weighted by molar-refractivity contribution is 5.98. The van der Waals surface area contributed by atoms with Gasteiger partial charge in [-0.3, -0.25) is 4.79 Å². The van der Waals surface area contributed by atoms with Crippen molar-refractivity contribution in [2.24, 2.45) is 0 Å². The lowest BCUT2D eigenvalue weighted by Gasteiger charge is -2.35. The molecule has 6 nitrogen and oxygen atoms in total. The average Bonchev–Trinajstić information content (AvgIpc) is 3.38. The number of carbonyl (C=O) groups is 1. The van der Waals surface area contributed by atoms with Gasteiger partial charge in [-0.25, -0.2) is 4.98 Å². The van der Waals surface area contributed by atoms with E-state index < -0.39 is 0 Å². The van der Waals surface area contributed by atoms with Crippen LogP contribution in [0.1, 0.15) is 36.8 Å². The first kappa shape index (κ1) is 25.6. The lowest BCUT2D eigenvalue weighted by molar-refractivity contribution is 0.0742. The number of rotatable bonds is 5. The first-order chi connectivity index (χ1) is 18.2. The lowest BCUT2D eigenvalue weighted by Crippen LogP contribution is -2.49. The van der Waals surface area contributed by atoms with Crippen molar-refractivity contribution in [2.75, 3.05) is 50.1 Å². The van der Waals surface area contributed by atoms with Gasteiger partial charge in [0, 0.05) is 62.8 Å². The van der Waals surface area contributed by atoms with E-state index in [2.05, 4.69) is 49.9 Å². The molecule has 38 heavy (non-hydrogen) atoms. The predicted molar refractivity (Wildman–Crippen MR) is 155 cm³/mol. The summed E-state index contributed by atoms with van der Waals surface area (Å²) in [5, 5.41) is 0. The Kier molecular flexibility index (Phi) is 6.98. The molecular formula is C32H36N4O2. The number of piperazine rings is 1. The summed E-state index contributed by atoms with van der Waals surface area (Å²) in [6.45, 7) is 9.40. The van der Waals surface area contributed by atoms with E-state index in [1.165, 1.54) is 11.3 Å². The molecule has 1 saturated heterocycles. The molecule has 1 fully saturated rings. The van der Waals surface area contributed by atoms with Gasteiger partial charge in [-0.1, -0.05) is 51.1 Å². The van der Waals surface area contributed by atoms with Crippen molar-refractivity contribution < 1.29 is 9.21 Å². The Morgan fingerprint density at radius 2 is 1.42 bits per heavy atom. The summed E-state index contributed by atoms with van der Waals surface area (Å²) in [7, 11) is 4.01. The Labute approximate surface area is 225 Å². The molecule has 0 bridgehead atoms. The molecule has 196 valence electrons. The van der Waals surface area contributed by atoms with Crippen LogP contribution in [-0.4, -0.2) is 56.1 Å². The molecule has 3 aromatic carbocycles.